The zero-order valence-electron chi connectivity index (χ0n) is 10.1. The zero-order chi connectivity index (χ0) is 11.4. The Balaban J connectivity index is 0.00000144. The molecule has 1 aliphatic carbocycles. The lowest BCUT2D eigenvalue weighted by Crippen LogP contribution is -2.30. The minimum Gasteiger partial charge on any atom is -0.351 e. The number of amides is 1. The number of hydrogen-bond acceptors (Lipinski definition) is 2. The molecular weight excluding hydrogens is 236 g/mol. The van der Waals surface area contributed by atoms with E-state index in [1.54, 1.807) is 0 Å². The minimum atomic E-state index is 0. The molecule has 1 aromatic rings. The molecule has 0 saturated heterocycles. The lowest BCUT2D eigenvalue weighted by atomic mass is 10.1. The van der Waals surface area contributed by atoms with Crippen LogP contribution in [0.4, 0.5) is 0 Å². The van der Waals surface area contributed by atoms with Gasteiger partial charge in [-0.2, -0.15) is 0 Å². The molecule has 4 heteroatoms. The van der Waals surface area contributed by atoms with Gasteiger partial charge in [0.25, 0.3) is 5.91 Å². The van der Waals surface area contributed by atoms with Crippen molar-refractivity contribution in [1.82, 2.24) is 10.6 Å². The molecule has 0 radical (unpaired) electrons. The Kier molecular flexibility index (Phi) is 5.45. The van der Waals surface area contributed by atoms with Crippen LogP contribution in [-0.4, -0.2) is 26.0 Å². The van der Waals surface area contributed by atoms with E-state index in [0.29, 0.717) is 6.54 Å². The first-order valence-corrected chi connectivity index (χ1v) is 5.86. The molecule has 1 aromatic carbocycles. The highest BCUT2D eigenvalue weighted by atomic mass is 35.5. The average Bonchev–Trinajstić information content (AvgIpc) is 2.76. The second-order valence-electron chi connectivity index (χ2n) is 4.20. The predicted molar refractivity (Wildman–Crippen MR) is 72.0 cm³/mol. The SMILES string of the molecule is CNCCNC(=O)c1ccc2c(c1)CCC2.Cl. The molecule has 94 valence electrons. The number of benzene rings is 1. The maximum Gasteiger partial charge on any atom is 0.251 e. The van der Waals surface area contributed by atoms with Gasteiger partial charge < -0.3 is 10.6 Å². The molecule has 2 rings (SSSR count). The van der Waals surface area contributed by atoms with Crippen LogP contribution in [0.5, 0.6) is 0 Å². The lowest BCUT2D eigenvalue weighted by Gasteiger charge is -2.06. The summed E-state index contributed by atoms with van der Waals surface area (Å²) in [6.45, 7) is 1.48. The summed E-state index contributed by atoms with van der Waals surface area (Å²) in [7, 11) is 1.88. The molecule has 0 atom stereocenters. The van der Waals surface area contributed by atoms with Crippen LogP contribution >= 0.6 is 12.4 Å². The molecule has 0 unspecified atom stereocenters. The van der Waals surface area contributed by atoms with Crippen LogP contribution in [0.25, 0.3) is 0 Å². The van der Waals surface area contributed by atoms with Gasteiger partial charge in [0.15, 0.2) is 0 Å². The fourth-order valence-electron chi connectivity index (χ4n) is 2.12. The first kappa shape index (κ1) is 14.0. The second-order valence-corrected chi connectivity index (χ2v) is 4.20. The highest BCUT2D eigenvalue weighted by molar-refractivity contribution is 5.94. The first-order chi connectivity index (χ1) is 7.81. The van der Waals surface area contributed by atoms with Gasteiger partial charge in [0.2, 0.25) is 0 Å². The van der Waals surface area contributed by atoms with Gasteiger partial charge in [-0.3, -0.25) is 4.79 Å². The molecule has 0 aliphatic heterocycles. The number of rotatable bonds is 4. The number of likely N-dealkylation sites (N-methyl/N-ethyl adjacent to an activating group) is 1. The predicted octanol–water partition coefficient (Wildman–Crippen LogP) is 1.55. The van der Waals surface area contributed by atoms with Crippen LogP contribution in [0.1, 0.15) is 27.9 Å². The molecule has 17 heavy (non-hydrogen) atoms. The molecule has 2 N–H and O–H groups in total. The Morgan fingerprint density at radius 2 is 2.00 bits per heavy atom. The van der Waals surface area contributed by atoms with Crippen molar-refractivity contribution in [1.29, 1.82) is 0 Å². The molecule has 0 heterocycles. The van der Waals surface area contributed by atoms with E-state index < -0.39 is 0 Å². The molecular formula is C13H19ClN2O. The Morgan fingerprint density at radius 3 is 2.76 bits per heavy atom. The van der Waals surface area contributed by atoms with E-state index in [1.165, 1.54) is 17.5 Å². The third kappa shape index (κ3) is 3.45. The Morgan fingerprint density at radius 1 is 1.24 bits per heavy atom. The molecule has 3 nitrogen and oxygen atoms in total. The Labute approximate surface area is 108 Å². The second kappa shape index (κ2) is 6.62. The first-order valence-electron chi connectivity index (χ1n) is 5.86. The quantitative estimate of drug-likeness (QED) is 0.801. The number of halogens is 1. The highest BCUT2D eigenvalue weighted by Crippen LogP contribution is 2.22. The van der Waals surface area contributed by atoms with Gasteiger partial charge in [-0.25, -0.2) is 0 Å². The van der Waals surface area contributed by atoms with Crippen molar-refractivity contribution in [2.45, 2.75) is 19.3 Å². The van der Waals surface area contributed by atoms with E-state index in [0.717, 1.165) is 24.9 Å². The van der Waals surface area contributed by atoms with Crippen molar-refractivity contribution in [3.63, 3.8) is 0 Å². The van der Waals surface area contributed by atoms with E-state index in [2.05, 4.69) is 16.7 Å². The van der Waals surface area contributed by atoms with Crippen LogP contribution in [0.3, 0.4) is 0 Å². The molecule has 1 aliphatic rings. The zero-order valence-corrected chi connectivity index (χ0v) is 10.9. The van der Waals surface area contributed by atoms with Crippen molar-refractivity contribution >= 4 is 18.3 Å². The molecule has 0 fully saturated rings. The van der Waals surface area contributed by atoms with Crippen LogP contribution in [0, 0.1) is 0 Å². The van der Waals surface area contributed by atoms with Crippen LogP contribution in [0.2, 0.25) is 0 Å². The number of aryl methyl sites for hydroxylation is 2. The van der Waals surface area contributed by atoms with E-state index in [1.807, 2.05) is 19.2 Å². The molecule has 0 saturated carbocycles. The van der Waals surface area contributed by atoms with Gasteiger partial charge in [0.1, 0.15) is 0 Å². The summed E-state index contributed by atoms with van der Waals surface area (Å²) in [5, 5.41) is 5.89. The largest absolute Gasteiger partial charge is 0.351 e. The Hall–Kier alpha value is -1.06. The molecule has 1 amide bonds. The number of carbonyl (C=O) groups excluding carboxylic acids is 1. The van der Waals surface area contributed by atoms with Gasteiger partial charge in [-0.05, 0) is 49.6 Å². The fourth-order valence-corrected chi connectivity index (χ4v) is 2.12. The molecule has 0 aromatic heterocycles. The number of nitrogens with one attached hydrogen (secondary N) is 2. The van der Waals surface area contributed by atoms with E-state index in [-0.39, 0.29) is 18.3 Å². The lowest BCUT2D eigenvalue weighted by molar-refractivity contribution is 0.0954. The van der Waals surface area contributed by atoms with Gasteiger partial charge in [0.05, 0.1) is 0 Å². The summed E-state index contributed by atoms with van der Waals surface area (Å²) in [6, 6.07) is 6.06. The number of carbonyl (C=O) groups is 1. The molecule has 0 bridgehead atoms. The van der Waals surface area contributed by atoms with Crippen molar-refractivity contribution in [2.75, 3.05) is 20.1 Å². The number of fused-ring (bicyclic) bond motifs is 1. The van der Waals surface area contributed by atoms with E-state index in [9.17, 15) is 4.79 Å². The Bertz CT molecular complexity index is 393. The summed E-state index contributed by atoms with van der Waals surface area (Å²) in [6.07, 6.45) is 3.50. The average molecular weight is 255 g/mol. The standard InChI is InChI=1S/C13H18N2O.ClH/c1-14-7-8-15-13(16)12-6-5-10-3-2-4-11(10)9-12;/h5-6,9,14H,2-4,7-8H2,1H3,(H,15,16);1H. The topological polar surface area (TPSA) is 41.1 Å². The van der Waals surface area contributed by atoms with Gasteiger partial charge in [-0.1, -0.05) is 6.07 Å². The smallest absolute Gasteiger partial charge is 0.251 e. The van der Waals surface area contributed by atoms with Crippen molar-refractivity contribution in [3.05, 3.63) is 34.9 Å². The summed E-state index contributed by atoms with van der Waals surface area (Å²) in [5.41, 5.74) is 3.55. The van der Waals surface area contributed by atoms with Crippen molar-refractivity contribution in [3.8, 4) is 0 Å². The monoisotopic (exact) mass is 254 g/mol. The van der Waals surface area contributed by atoms with Gasteiger partial charge in [0, 0.05) is 18.7 Å². The normalized spacial score (nSPS) is 12.8. The summed E-state index contributed by atoms with van der Waals surface area (Å²) in [4.78, 5) is 11.8. The molecule has 0 spiro atoms. The maximum atomic E-state index is 11.8. The number of hydrogen-bond donors (Lipinski definition) is 2. The van der Waals surface area contributed by atoms with Crippen molar-refractivity contribution in [2.24, 2.45) is 0 Å². The summed E-state index contributed by atoms with van der Waals surface area (Å²) >= 11 is 0. The van der Waals surface area contributed by atoms with Gasteiger partial charge >= 0.3 is 0 Å². The van der Waals surface area contributed by atoms with Crippen LogP contribution in [0.15, 0.2) is 18.2 Å². The van der Waals surface area contributed by atoms with Crippen LogP contribution < -0.4 is 10.6 Å². The maximum absolute atomic E-state index is 11.8. The minimum absolute atomic E-state index is 0. The third-order valence-electron chi connectivity index (χ3n) is 3.02. The van der Waals surface area contributed by atoms with E-state index in [4.69, 9.17) is 0 Å². The summed E-state index contributed by atoms with van der Waals surface area (Å²) < 4.78 is 0. The highest BCUT2D eigenvalue weighted by Gasteiger charge is 2.13. The fraction of sp³-hybridized carbons (Fsp3) is 0.462. The third-order valence-corrected chi connectivity index (χ3v) is 3.02. The summed E-state index contributed by atoms with van der Waals surface area (Å²) in [5.74, 6) is 0.0324. The van der Waals surface area contributed by atoms with Crippen LogP contribution in [-0.2, 0) is 12.8 Å². The van der Waals surface area contributed by atoms with E-state index >= 15 is 0 Å². The van der Waals surface area contributed by atoms with Gasteiger partial charge in [-0.15, -0.1) is 12.4 Å². The van der Waals surface area contributed by atoms with Crippen molar-refractivity contribution < 1.29 is 4.79 Å².